The SMILES string of the molecule is CC/C=C\C/C=C\C/C=C\CCCCCC(=O)OCC(COC(=O)CCCCCCCCCCCCCCCCCCCCCCCCCCCCCC)OC(=O)CCCCCCCCC/C=C\C/C=C\CCCCCC. The Labute approximate surface area is 479 Å². The predicted molar refractivity (Wildman–Crippen MR) is 335 cm³/mol. The van der Waals surface area contributed by atoms with Crippen LogP contribution in [0.15, 0.2) is 60.8 Å². The topological polar surface area (TPSA) is 78.9 Å². The molecule has 1 unspecified atom stereocenters. The minimum Gasteiger partial charge on any atom is -0.462 e. The molecule has 0 fully saturated rings. The molecular formula is C71H128O6. The highest BCUT2D eigenvalue weighted by atomic mass is 16.6. The fourth-order valence-electron chi connectivity index (χ4n) is 9.96. The van der Waals surface area contributed by atoms with E-state index in [-0.39, 0.29) is 31.1 Å². The number of unbranched alkanes of at least 4 members (excludes halogenated alkanes) is 41. The average molecular weight is 1080 g/mol. The van der Waals surface area contributed by atoms with Gasteiger partial charge in [0.15, 0.2) is 6.10 Å². The van der Waals surface area contributed by atoms with Crippen molar-refractivity contribution < 1.29 is 28.6 Å². The smallest absolute Gasteiger partial charge is 0.306 e. The van der Waals surface area contributed by atoms with Crippen LogP contribution in [0.5, 0.6) is 0 Å². The molecule has 448 valence electrons. The summed E-state index contributed by atoms with van der Waals surface area (Å²) in [6.07, 6.45) is 84.0. The number of carbonyl (C=O) groups is 3. The van der Waals surface area contributed by atoms with Crippen molar-refractivity contribution in [3.63, 3.8) is 0 Å². The number of rotatable bonds is 62. The van der Waals surface area contributed by atoms with Gasteiger partial charge in [-0.1, -0.05) is 313 Å². The van der Waals surface area contributed by atoms with Crippen LogP contribution in [0.2, 0.25) is 0 Å². The molecule has 6 heteroatoms. The molecule has 0 radical (unpaired) electrons. The van der Waals surface area contributed by atoms with Gasteiger partial charge in [0, 0.05) is 19.3 Å². The van der Waals surface area contributed by atoms with Gasteiger partial charge in [-0.2, -0.15) is 0 Å². The van der Waals surface area contributed by atoms with Crippen LogP contribution in [0, 0.1) is 0 Å². The van der Waals surface area contributed by atoms with Crippen LogP contribution < -0.4 is 0 Å². The average Bonchev–Trinajstić information content (AvgIpc) is 3.43. The summed E-state index contributed by atoms with van der Waals surface area (Å²) in [7, 11) is 0. The standard InChI is InChI=1S/C71H128O6/c1-4-7-10-13-16-19-22-25-27-29-31-32-33-34-35-36-37-38-39-40-42-43-46-49-52-55-58-61-64-70(73)76-67-68(66-75-69(72)63-60-57-54-51-48-45-24-21-18-15-12-9-6-3)77-71(74)65-62-59-56-53-50-47-44-41-30-28-26-23-20-17-14-11-8-5-2/h9,12,18,20-21,23,28,30,45,48,68H,4-8,10-11,13-17,19,22,24-27,29,31-44,46-47,49-67H2,1-3H3/b12-9-,21-18-,23-20-,30-28-,48-45-. The van der Waals surface area contributed by atoms with E-state index in [0.717, 1.165) is 96.3 Å². The van der Waals surface area contributed by atoms with E-state index < -0.39 is 6.10 Å². The second kappa shape index (κ2) is 65.6. The number of hydrogen-bond donors (Lipinski definition) is 0. The van der Waals surface area contributed by atoms with Crippen molar-refractivity contribution in [3.05, 3.63) is 60.8 Å². The van der Waals surface area contributed by atoms with Crippen molar-refractivity contribution in [2.24, 2.45) is 0 Å². The number of carbonyl (C=O) groups excluding carboxylic acids is 3. The first-order valence-corrected chi connectivity index (χ1v) is 33.8. The summed E-state index contributed by atoms with van der Waals surface area (Å²) >= 11 is 0. The highest BCUT2D eigenvalue weighted by molar-refractivity contribution is 5.71. The van der Waals surface area contributed by atoms with E-state index in [1.54, 1.807) is 0 Å². The number of hydrogen-bond acceptors (Lipinski definition) is 6. The molecule has 6 nitrogen and oxygen atoms in total. The van der Waals surface area contributed by atoms with E-state index in [1.165, 1.54) is 218 Å². The minimum atomic E-state index is -0.790. The highest BCUT2D eigenvalue weighted by Gasteiger charge is 2.19. The Balaban J connectivity index is 4.22. The van der Waals surface area contributed by atoms with Crippen LogP contribution in [0.4, 0.5) is 0 Å². The summed E-state index contributed by atoms with van der Waals surface area (Å²) < 4.78 is 16.9. The van der Waals surface area contributed by atoms with Crippen LogP contribution in [0.25, 0.3) is 0 Å². The molecule has 0 aromatic carbocycles. The quantitative estimate of drug-likeness (QED) is 0.0261. The molecule has 0 saturated carbocycles. The Kier molecular flexibility index (Phi) is 63.2. The highest BCUT2D eigenvalue weighted by Crippen LogP contribution is 2.18. The Morgan fingerprint density at radius 3 is 0.818 bits per heavy atom. The Bertz CT molecular complexity index is 1380. The molecule has 0 amide bonds. The first-order valence-electron chi connectivity index (χ1n) is 33.8. The van der Waals surface area contributed by atoms with Gasteiger partial charge < -0.3 is 14.2 Å². The lowest BCUT2D eigenvalue weighted by Gasteiger charge is -2.18. The number of esters is 3. The van der Waals surface area contributed by atoms with Crippen LogP contribution in [-0.4, -0.2) is 37.2 Å². The van der Waals surface area contributed by atoms with Gasteiger partial charge >= 0.3 is 17.9 Å². The Morgan fingerprint density at radius 1 is 0.273 bits per heavy atom. The zero-order chi connectivity index (χ0) is 55.7. The summed E-state index contributed by atoms with van der Waals surface area (Å²) in [5, 5.41) is 0. The lowest BCUT2D eigenvalue weighted by atomic mass is 10.0. The Morgan fingerprint density at radius 2 is 0.506 bits per heavy atom. The second-order valence-corrected chi connectivity index (χ2v) is 22.7. The van der Waals surface area contributed by atoms with Gasteiger partial charge in [0.1, 0.15) is 13.2 Å². The number of allylic oxidation sites excluding steroid dienone is 10. The summed E-state index contributed by atoms with van der Waals surface area (Å²) in [4.78, 5) is 38.3. The van der Waals surface area contributed by atoms with E-state index in [0.29, 0.717) is 19.3 Å². The van der Waals surface area contributed by atoms with Crippen LogP contribution in [0.3, 0.4) is 0 Å². The van der Waals surface area contributed by atoms with Crippen molar-refractivity contribution in [1.82, 2.24) is 0 Å². The van der Waals surface area contributed by atoms with Crippen molar-refractivity contribution in [1.29, 1.82) is 0 Å². The van der Waals surface area contributed by atoms with Crippen molar-refractivity contribution in [2.45, 2.75) is 361 Å². The molecule has 0 aliphatic carbocycles. The van der Waals surface area contributed by atoms with Crippen LogP contribution in [0.1, 0.15) is 355 Å². The third-order valence-electron chi connectivity index (χ3n) is 15.0. The maximum atomic E-state index is 12.9. The largest absolute Gasteiger partial charge is 0.462 e. The third kappa shape index (κ3) is 63.8. The molecule has 77 heavy (non-hydrogen) atoms. The maximum Gasteiger partial charge on any atom is 0.306 e. The molecule has 0 heterocycles. The van der Waals surface area contributed by atoms with E-state index in [4.69, 9.17) is 14.2 Å². The monoisotopic (exact) mass is 1080 g/mol. The zero-order valence-electron chi connectivity index (χ0n) is 51.5. The lowest BCUT2D eigenvalue weighted by molar-refractivity contribution is -0.167. The van der Waals surface area contributed by atoms with Crippen LogP contribution in [-0.2, 0) is 28.6 Å². The third-order valence-corrected chi connectivity index (χ3v) is 15.0. The molecule has 0 saturated heterocycles. The number of ether oxygens (including phenoxy) is 3. The molecule has 0 bridgehead atoms. The summed E-state index contributed by atoms with van der Waals surface area (Å²) in [6, 6.07) is 0. The summed E-state index contributed by atoms with van der Waals surface area (Å²) in [5.74, 6) is -0.904. The second-order valence-electron chi connectivity index (χ2n) is 22.7. The summed E-state index contributed by atoms with van der Waals surface area (Å²) in [6.45, 7) is 6.53. The van der Waals surface area contributed by atoms with Crippen molar-refractivity contribution in [2.75, 3.05) is 13.2 Å². The predicted octanol–water partition coefficient (Wildman–Crippen LogP) is 23.1. The van der Waals surface area contributed by atoms with Gasteiger partial charge in [-0.15, -0.1) is 0 Å². The fourth-order valence-corrected chi connectivity index (χ4v) is 9.96. The lowest BCUT2D eigenvalue weighted by Crippen LogP contribution is -2.30. The molecule has 0 aromatic heterocycles. The van der Waals surface area contributed by atoms with Gasteiger partial charge in [0.25, 0.3) is 0 Å². The van der Waals surface area contributed by atoms with E-state index in [2.05, 4.69) is 81.5 Å². The molecule has 1 atom stereocenters. The maximum absolute atomic E-state index is 12.9. The van der Waals surface area contributed by atoms with Gasteiger partial charge in [0.05, 0.1) is 0 Å². The summed E-state index contributed by atoms with van der Waals surface area (Å²) in [5.41, 5.74) is 0. The van der Waals surface area contributed by atoms with Crippen LogP contribution >= 0.6 is 0 Å². The first-order chi connectivity index (χ1) is 38.0. The molecule has 0 aliphatic rings. The molecule has 0 aliphatic heterocycles. The normalized spacial score (nSPS) is 12.4. The van der Waals surface area contributed by atoms with Gasteiger partial charge in [-0.3, -0.25) is 14.4 Å². The Hall–Kier alpha value is -2.89. The molecule has 0 rings (SSSR count). The van der Waals surface area contributed by atoms with Gasteiger partial charge in [-0.25, -0.2) is 0 Å². The molecule has 0 N–H and O–H groups in total. The van der Waals surface area contributed by atoms with E-state index in [1.807, 2.05) is 0 Å². The molecular weight excluding hydrogens is 949 g/mol. The molecule has 0 aromatic rings. The van der Waals surface area contributed by atoms with Crippen molar-refractivity contribution in [3.8, 4) is 0 Å². The molecule has 0 spiro atoms. The van der Waals surface area contributed by atoms with E-state index in [9.17, 15) is 14.4 Å². The first kappa shape index (κ1) is 74.1. The minimum absolute atomic E-state index is 0.0840. The fraction of sp³-hybridized carbons (Fsp3) is 0.817. The van der Waals surface area contributed by atoms with Gasteiger partial charge in [0.2, 0.25) is 0 Å². The van der Waals surface area contributed by atoms with E-state index >= 15 is 0 Å². The van der Waals surface area contributed by atoms with Gasteiger partial charge in [-0.05, 0) is 83.5 Å². The van der Waals surface area contributed by atoms with Crippen molar-refractivity contribution >= 4 is 17.9 Å². The zero-order valence-corrected chi connectivity index (χ0v) is 51.5.